The van der Waals surface area contributed by atoms with Crippen molar-refractivity contribution < 1.29 is 0 Å². The van der Waals surface area contributed by atoms with Gasteiger partial charge in [-0.25, -0.2) is 0 Å². The first-order valence-corrected chi connectivity index (χ1v) is 44.0. The molecule has 122 heavy (non-hydrogen) atoms. The van der Waals surface area contributed by atoms with Crippen LogP contribution in [0.1, 0.15) is 146 Å². The topological polar surface area (TPSA) is 9.72 Å². The van der Waals surface area contributed by atoms with Crippen LogP contribution >= 0.6 is 0 Å². The number of hydrogen-bond donors (Lipinski definition) is 0. The molecule has 0 saturated carbocycles. The third kappa shape index (κ3) is 11.7. The van der Waals surface area contributed by atoms with Gasteiger partial charge in [0.15, 0.2) is 0 Å². The van der Waals surface area contributed by atoms with Crippen molar-refractivity contribution in [2.75, 3.05) is 14.7 Å². The van der Waals surface area contributed by atoms with Gasteiger partial charge in [0.2, 0.25) is 0 Å². The fourth-order valence-corrected chi connectivity index (χ4v) is 22.1. The van der Waals surface area contributed by atoms with Gasteiger partial charge < -0.3 is 0 Å². The molecule has 0 fully saturated rings. The van der Waals surface area contributed by atoms with Crippen molar-refractivity contribution in [1.82, 2.24) is 0 Å². The molecule has 5 heteroatoms. The van der Waals surface area contributed by atoms with Crippen LogP contribution in [0, 0.1) is 0 Å². The Balaban J connectivity index is 0.916. The van der Waals surface area contributed by atoms with Crippen molar-refractivity contribution in [3.63, 3.8) is 0 Å². The molecule has 3 aliphatic heterocycles. The van der Waals surface area contributed by atoms with Crippen LogP contribution in [0.15, 0.2) is 413 Å². The Morgan fingerprint density at radius 3 is 0.877 bits per heavy atom. The van der Waals surface area contributed by atoms with Crippen molar-refractivity contribution in [2.24, 2.45) is 0 Å². The van der Waals surface area contributed by atoms with Gasteiger partial charge in [-0.15, -0.1) is 0 Å². The molecule has 0 saturated heterocycles. The monoisotopic (exact) mass is 1630 g/mol. The fourth-order valence-electron chi connectivity index (χ4n) is 21.3. The summed E-state index contributed by atoms with van der Waals surface area (Å²) in [5.41, 5.74) is 36.2. The molecular formula is C117H95BN3Se. The van der Waals surface area contributed by atoms with Crippen molar-refractivity contribution in [2.45, 2.75) is 94.8 Å². The zero-order valence-electron chi connectivity index (χ0n) is 70.6. The minimum atomic E-state index is -0.693. The molecule has 0 N–H and O–H groups in total. The molecule has 0 spiro atoms. The quantitative estimate of drug-likeness (QED) is 0.113. The van der Waals surface area contributed by atoms with Crippen molar-refractivity contribution >= 4 is 94.8 Å². The fraction of sp³-hybridized carbons (Fsp3) is 0.128. The van der Waals surface area contributed by atoms with E-state index in [1.807, 2.05) is 0 Å². The summed E-state index contributed by atoms with van der Waals surface area (Å²) in [7, 11) is 0. The minimum absolute atomic E-state index is 0.171. The summed E-state index contributed by atoms with van der Waals surface area (Å²) in [4.78, 5) is 7.93. The van der Waals surface area contributed by atoms with Gasteiger partial charge in [0.1, 0.15) is 0 Å². The number of anilines is 9. The van der Waals surface area contributed by atoms with Gasteiger partial charge in [0, 0.05) is 0 Å². The van der Waals surface area contributed by atoms with Crippen molar-refractivity contribution in [1.29, 1.82) is 0 Å². The van der Waals surface area contributed by atoms with Crippen LogP contribution in [0.5, 0.6) is 0 Å². The average Bonchev–Trinajstić information content (AvgIpc) is 1.45. The van der Waals surface area contributed by atoms with E-state index < -0.39 is 16.2 Å². The van der Waals surface area contributed by atoms with E-state index in [0.29, 0.717) is 0 Å². The second kappa shape index (κ2) is 29.3. The van der Waals surface area contributed by atoms with Gasteiger partial charge in [-0.05, 0) is 0 Å². The second-order valence-corrected chi connectivity index (χ2v) is 37.6. The van der Waals surface area contributed by atoms with E-state index in [0.717, 1.165) is 77.9 Å². The molecule has 0 unspecified atom stereocenters. The SMILES string of the molecule is CC(C)(C)c1cccc(-c2cc(C(C)(C)C)cc(-c3cccc(C(C)(C)C)c3)c2N2c3cc(N4c5ccccc5C(c5ccccc5)(c5ccccc5)c5ccccc54)ccc3B(c3ccc4c(c3[Se])-c3ccccc3C4(c3ccccc3)c3ccccc3)c3ccc(N4c5ccccc5C(c5ccccc5)(c5ccccc5)c5ccccc54)cc32)c1. The first-order valence-electron chi connectivity index (χ1n) is 43.1. The Morgan fingerprint density at radius 1 is 0.230 bits per heavy atom. The molecule has 17 aromatic rings. The van der Waals surface area contributed by atoms with E-state index in [4.69, 9.17) is 0 Å². The number of para-hydroxylation sites is 4. The van der Waals surface area contributed by atoms with Gasteiger partial charge in [0.25, 0.3) is 0 Å². The van der Waals surface area contributed by atoms with Crippen LogP contribution in [-0.2, 0) is 32.5 Å². The molecule has 1 aliphatic carbocycles. The standard InChI is InChI=1S/C117H95BN3Se/c1-112(2,3)86-54-38-40-78(72-86)92-74-88(114(7,8)9)75-93(79-41-39-55-87(73-79)113(4,5)6)110(92)121-107-76-89(119-103-62-34-30-58-95(103)116(82-46-20-12-21-47-82,83-48-22-13-23-49-83)96-59-31-35-63-104(96)119)66-69-100(107)118(102-71-68-99-109(111(102)122)91-56-28-29-57-94(91)115(99,80-42-16-10-17-43-80)81-44-18-11-19-45-81)101-70-67-90(77-108(101)121)120-105-64-36-32-60-97(105)117(84-50-24-14-25-51-84,85-52-26-15-27-53-85)98-61-33-37-65-106(98)120/h10-77H,1-9H3. The zero-order chi connectivity index (χ0) is 83.0. The summed E-state index contributed by atoms with van der Waals surface area (Å²) in [5, 5.41) is 0. The molecule has 0 atom stereocenters. The molecule has 3 nitrogen and oxygen atoms in total. The summed E-state index contributed by atoms with van der Waals surface area (Å²) in [6.45, 7) is 20.9. The Kier molecular flexibility index (Phi) is 18.3. The zero-order valence-corrected chi connectivity index (χ0v) is 72.3. The third-order valence-corrected chi connectivity index (χ3v) is 27.8. The Hall–Kier alpha value is -13.3. The molecule has 3 heterocycles. The van der Waals surface area contributed by atoms with E-state index in [-0.39, 0.29) is 23.0 Å². The Labute approximate surface area is 728 Å². The molecule has 0 amide bonds. The van der Waals surface area contributed by atoms with Crippen LogP contribution in [0.4, 0.5) is 51.2 Å². The number of benzene rings is 17. The number of rotatable bonds is 12. The maximum absolute atomic E-state index is 3.98. The van der Waals surface area contributed by atoms with Gasteiger partial charge in [-0.2, -0.15) is 0 Å². The number of nitrogens with zero attached hydrogens (tertiary/aromatic N) is 3. The molecule has 0 aromatic heterocycles. The van der Waals surface area contributed by atoms with E-state index in [9.17, 15) is 0 Å². The normalized spacial score (nSPS) is 14.4. The summed E-state index contributed by atoms with van der Waals surface area (Å²) in [6, 6.07) is 158. The van der Waals surface area contributed by atoms with Crippen LogP contribution in [0.25, 0.3) is 33.4 Å². The van der Waals surface area contributed by atoms with E-state index >= 15 is 0 Å². The molecule has 587 valence electrons. The van der Waals surface area contributed by atoms with Gasteiger partial charge in [0.05, 0.1) is 0 Å². The van der Waals surface area contributed by atoms with Gasteiger partial charge >= 0.3 is 571 Å². The van der Waals surface area contributed by atoms with Gasteiger partial charge in [-0.3, -0.25) is 0 Å². The second-order valence-electron chi connectivity index (χ2n) is 36.7. The summed E-state index contributed by atoms with van der Waals surface area (Å²) >= 11 is 3.98. The summed E-state index contributed by atoms with van der Waals surface area (Å²) in [5.74, 6) is 0. The van der Waals surface area contributed by atoms with Crippen LogP contribution < -0.4 is 35.6 Å². The third-order valence-electron chi connectivity index (χ3n) is 26.9. The summed E-state index contributed by atoms with van der Waals surface area (Å²) in [6.07, 6.45) is 0. The maximum atomic E-state index is 3.98. The molecule has 0 bridgehead atoms. The van der Waals surface area contributed by atoms with Crippen molar-refractivity contribution in [3.05, 3.63) is 496 Å². The summed E-state index contributed by atoms with van der Waals surface area (Å²) < 4.78 is 1.13. The first-order chi connectivity index (χ1) is 59.4. The number of hydrogen-bond acceptors (Lipinski definition) is 3. The van der Waals surface area contributed by atoms with E-state index in [1.54, 1.807) is 0 Å². The van der Waals surface area contributed by atoms with Gasteiger partial charge in [-0.1, -0.05) is 163 Å². The van der Waals surface area contributed by atoms with Crippen LogP contribution in [-0.4, -0.2) is 22.7 Å². The average molecular weight is 1630 g/mol. The van der Waals surface area contributed by atoms with E-state index in [1.165, 1.54) is 111 Å². The van der Waals surface area contributed by atoms with E-state index in [2.05, 4.69) is 506 Å². The molecule has 1 radical (unpaired) electrons. The Morgan fingerprint density at radius 2 is 0.533 bits per heavy atom. The first kappa shape index (κ1) is 76.1. The molecular weight excluding hydrogens is 1540 g/mol. The predicted octanol–water partition coefficient (Wildman–Crippen LogP) is 26.7. The molecule has 17 aromatic carbocycles. The predicted molar refractivity (Wildman–Crippen MR) is 515 cm³/mol. The van der Waals surface area contributed by atoms with Crippen LogP contribution in [0.2, 0.25) is 0 Å². The van der Waals surface area contributed by atoms with Crippen LogP contribution in [0.3, 0.4) is 0 Å². The molecule has 4 aliphatic rings. The molecule has 21 rings (SSSR count). The number of fused-ring (bicyclic) bond motifs is 9. The Bertz CT molecular complexity index is 6390. The van der Waals surface area contributed by atoms with Crippen molar-refractivity contribution in [3.8, 4) is 33.4 Å².